The molecule has 0 saturated heterocycles. The molecule has 2 amide bonds. The summed E-state index contributed by atoms with van der Waals surface area (Å²) in [6.45, 7) is 2.23. The van der Waals surface area contributed by atoms with Gasteiger partial charge in [0.25, 0.3) is 11.8 Å². The number of rotatable bonds is 3. The number of benzene rings is 3. The molecule has 1 heterocycles. The minimum Gasteiger partial charge on any atom is -0.481 e. The molecule has 6 heteroatoms. The molecule has 3 aromatic rings. The molecule has 2 unspecified atom stereocenters. The molecule has 0 fully saturated rings. The van der Waals surface area contributed by atoms with Crippen LogP contribution in [0.2, 0.25) is 5.02 Å². The van der Waals surface area contributed by atoms with E-state index in [0.717, 1.165) is 24.8 Å². The van der Waals surface area contributed by atoms with Crippen molar-refractivity contribution in [3.05, 3.63) is 94.0 Å². The molecule has 0 saturated carbocycles. The topological polar surface area (TPSA) is 58.6 Å². The lowest BCUT2D eigenvalue weighted by molar-refractivity contribution is -0.140. The zero-order chi connectivity index (χ0) is 22.9. The van der Waals surface area contributed by atoms with Gasteiger partial charge in [-0.3, -0.25) is 9.59 Å². The molecule has 2 atom stereocenters. The number of fused-ring (bicyclic) bond motifs is 2. The van der Waals surface area contributed by atoms with Crippen molar-refractivity contribution in [2.24, 2.45) is 0 Å². The lowest BCUT2D eigenvalue weighted by Gasteiger charge is -2.35. The van der Waals surface area contributed by atoms with Gasteiger partial charge in [-0.15, -0.1) is 0 Å². The first-order chi connectivity index (χ1) is 16.0. The standard InChI is InChI=1S/C27H25ClN2O3/c1-17-27(32)30(24-8-4-6-18-5-2-3-7-23(18)24)16-20-15-22(13-14-25(20)33-17)29-26(31)19-9-11-21(28)12-10-19/h2-3,5,7,9-15,17,24H,4,6,8,16H2,1H3,(H,29,31). The molecule has 0 aromatic heterocycles. The molecule has 0 bridgehead atoms. The number of hydrogen-bond acceptors (Lipinski definition) is 3. The van der Waals surface area contributed by atoms with Gasteiger partial charge in [-0.25, -0.2) is 0 Å². The van der Waals surface area contributed by atoms with Crippen LogP contribution in [0.1, 0.15) is 52.9 Å². The van der Waals surface area contributed by atoms with Crippen molar-refractivity contribution in [1.29, 1.82) is 0 Å². The van der Waals surface area contributed by atoms with Gasteiger partial charge in [-0.05, 0) is 79.8 Å². The molecule has 1 aliphatic heterocycles. The normalized spacial score (nSPS) is 19.7. The van der Waals surface area contributed by atoms with E-state index in [1.807, 2.05) is 23.1 Å². The van der Waals surface area contributed by atoms with Crippen molar-refractivity contribution in [3.63, 3.8) is 0 Å². The molecule has 2 aliphatic rings. The quantitative estimate of drug-likeness (QED) is 0.539. The Morgan fingerprint density at radius 2 is 1.85 bits per heavy atom. The highest BCUT2D eigenvalue weighted by Gasteiger charge is 2.35. The Morgan fingerprint density at radius 3 is 2.67 bits per heavy atom. The van der Waals surface area contributed by atoms with Crippen molar-refractivity contribution in [2.45, 2.75) is 44.9 Å². The van der Waals surface area contributed by atoms with Gasteiger partial charge in [0.15, 0.2) is 6.10 Å². The fourth-order valence-electron chi connectivity index (χ4n) is 4.75. The highest BCUT2D eigenvalue weighted by Crippen LogP contribution is 2.38. The molecule has 0 radical (unpaired) electrons. The summed E-state index contributed by atoms with van der Waals surface area (Å²) in [5, 5.41) is 3.52. The summed E-state index contributed by atoms with van der Waals surface area (Å²) in [5.74, 6) is 0.440. The molecule has 1 N–H and O–H groups in total. The van der Waals surface area contributed by atoms with Crippen molar-refractivity contribution in [1.82, 2.24) is 4.90 Å². The molecule has 0 spiro atoms. The fraction of sp³-hybridized carbons (Fsp3) is 0.259. The number of halogens is 1. The predicted octanol–water partition coefficient (Wildman–Crippen LogP) is 5.78. The maximum absolute atomic E-state index is 13.3. The zero-order valence-corrected chi connectivity index (χ0v) is 19.1. The van der Waals surface area contributed by atoms with Crippen LogP contribution in [0.5, 0.6) is 5.75 Å². The second-order valence-corrected chi connectivity index (χ2v) is 9.05. The summed E-state index contributed by atoms with van der Waals surface area (Å²) in [6, 6.07) is 20.7. The van der Waals surface area contributed by atoms with Crippen molar-refractivity contribution in [3.8, 4) is 5.75 Å². The molecule has 5 nitrogen and oxygen atoms in total. The maximum atomic E-state index is 13.3. The van der Waals surface area contributed by atoms with Crippen LogP contribution < -0.4 is 10.1 Å². The van der Waals surface area contributed by atoms with Gasteiger partial charge >= 0.3 is 0 Å². The lowest BCUT2D eigenvalue weighted by atomic mass is 9.86. The first kappa shape index (κ1) is 21.5. The first-order valence-corrected chi connectivity index (χ1v) is 11.6. The van der Waals surface area contributed by atoms with E-state index in [-0.39, 0.29) is 17.9 Å². The monoisotopic (exact) mass is 460 g/mol. The number of nitrogens with one attached hydrogen (secondary N) is 1. The molecular formula is C27H25ClN2O3. The summed E-state index contributed by atoms with van der Waals surface area (Å²) < 4.78 is 6.02. The average Bonchev–Trinajstić information content (AvgIpc) is 2.95. The lowest BCUT2D eigenvalue weighted by Crippen LogP contribution is -2.41. The van der Waals surface area contributed by atoms with E-state index in [0.29, 0.717) is 28.6 Å². The minimum atomic E-state index is -0.574. The maximum Gasteiger partial charge on any atom is 0.264 e. The van der Waals surface area contributed by atoms with Crippen LogP contribution in [0, 0.1) is 0 Å². The second kappa shape index (κ2) is 8.91. The second-order valence-electron chi connectivity index (χ2n) is 8.62. The van der Waals surface area contributed by atoms with E-state index in [4.69, 9.17) is 16.3 Å². The Labute approximate surface area is 198 Å². The third-order valence-corrected chi connectivity index (χ3v) is 6.67. The molecule has 1 aliphatic carbocycles. The SMILES string of the molecule is CC1Oc2ccc(NC(=O)c3ccc(Cl)cc3)cc2CN(C2CCCc3ccccc32)C1=O. The van der Waals surface area contributed by atoms with Crippen LogP contribution in [0.25, 0.3) is 0 Å². The van der Waals surface area contributed by atoms with Gasteiger partial charge in [0.05, 0.1) is 12.6 Å². The van der Waals surface area contributed by atoms with Gasteiger partial charge < -0.3 is 15.0 Å². The van der Waals surface area contributed by atoms with Gasteiger partial charge in [-0.2, -0.15) is 0 Å². The average molecular weight is 461 g/mol. The molecule has 5 rings (SSSR count). The number of carbonyl (C=O) groups excluding carboxylic acids is 2. The third-order valence-electron chi connectivity index (χ3n) is 6.41. The van der Waals surface area contributed by atoms with E-state index in [1.165, 1.54) is 11.1 Å². The van der Waals surface area contributed by atoms with Crippen molar-refractivity contribution < 1.29 is 14.3 Å². The van der Waals surface area contributed by atoms with Gasteiger partial charge in [0.2, 0.25) is 0 Å². The van der Waals surface area contributed by atoms with Crippen LogP contribution in [0.15, 0.2) is 66.7 Å². The van der Waals surface area contributed by atoms with Crippen LogP contribution >= 0.6 is 11.6 Å². The number of amides is 2. The van der Waals surface area contributed by atoms with Crippen molar-refractivity contribution >= 4 is 29.1 Å². The molecular weight excluding hydrogens is 436 g/mol. The van der Waals surface area contributed by atoms with Crippen LogP contribution in [-0.4, -0.2) is 22.8 Å². The summed E-state index contributed by atoms with van der Waals surface area (Å²) in [7, 11) is 0. The number of nitrogens with zero attached hydrogens (tertiary/aromatic N) is 1. The largest absolute Gasteiger partial charge is 0.481 e. The summed E-state index contributed by atoms with van der Waals surface area (Å²) >= 11 is 5.93. The number of carbonyl (C=O) groups is 2. The zero-order valence-electron chi connectivity index (χ0n) is 18.4. The molecule has 168 valence electrons. The summed E-state index contributed by atoms with van der Waals surface area (Å²) in [6.07, 6.45) is 2.44. The number of hydrogen-bond donors (Lipinski definition) is 1. The predicted molar refractivity (Wildman–Crippen MR) is 129 cm³/mol. The van der Waals surface area contributed by atoms with Crippen LogP contribution in [0.3, 0.4) is 0 Å². The van der Waals surface area contributed by atoms with Crippen LogP contribution in [0.4, 0.5) is 5.69 Å². The molecule has 3 aromatic carbocycles. The highest BCUT2D eigenvalue weighted by molar-refractivity contribution is 6.30. The first-order valence-electron chi connectivity index (χ1n) is 11.2. The van der Waals surface area contributed by atoms with Gasteiger partial charge in [0.1, 0.15) is 5.75 Å². The summed E-state index contributed by atoms with van der Waals surface area (Å²) in [5.41, 5.74) is 4.59. The van der Waals surface area contributed by atoms with E-state index >= 15 is 0 Å². The number of ether oxygens (including phenoxy) is 1. The van der Waals surface area contributed by atoms with E-state index < -0.39 is 6.10 Å². The Kier molecular flexibility index (Phi) is 5.81. The Morgan fingerprint density at radius 1 is 1.06 bits per heavy atom. The van der Waals surface area contributed by atoms with E-state index in [2.05, 4.69) is 23.5 Å². The highest BCUT2D eigenvalue weighted by atomic mass is 35.5. The van der Waals surface area contributed by atoms with Crippen LogP contribution in [-0.2, 0) is 17.8 Å². The smallest absolute Gasteiger partial charge is 0.264 e. The van der Waals surface area contributed by atoms with Gasteiger partial charge in [0, 0.05) is 21.8 Å². The van der Waals surface area contributed by atoms with E-state index in [1.54, 1.807) is 37.3 Å². The Bertz CT molecular complexity index is 1210. The van der Waals surface area contributed by atoms with Gasteiger partial charge in [-0.1, -0.05) is 35.9 Å². The Balaban J connectivity index is 1.44. The third kappa shape index (κ3) is 4.33. The number of anilines is 1. The summed E-state index contributed by atoms with van der Waals surface area (Å²) in [4.78, 5) is 27.9. The number of aryl methyl sites for hydroxylation is 1. The minimum absolute atomic E-state index is 0.0142. The fourth-order valence-corrected chi connectivity index (χ4v) is 4.88. The Hall–Kier alpha value is -3.31. The molecule has 33 heavy (non-hydrogen) atoms. The van der Waals surface area contributed by atoms with E-state index in [9.17, 15) is 9.59 Å². The van der Waals surface area contributed by atoms with Crippen molar-refractivity contribution in [2.75, 3.05) is 5.32 Å².